The molecule has 2 amide bonds. The average molecular weight is 1060 g/mol. The van der Waals surface area contributed by atoms with Crippen LogP contribution in [0.2, 0.25) is 0 Å². The highest BCUT2D eigenvalue weighted by Crippen LogP contribution is 2.56. The molecule has 2 aromatic heterocycles. The molecular weight excluding hydrogens is 987 g/mol. The van der Waals surface area contributed by atoms with Crippen LogP contribution in [-0.4, -0.2) is 103 Å². The van der Waals surface area contributed by atoms with Gasteiger partial charge in [0.2, 0.25) is 11.8 Å². The number of phosphoric ester groups is 3. The molecule has 394 valence electrons. The van der Waals surface area contributed by atoms with Gasteiger partial charge < -0.3 is 69.0 Å². The van der Waals surface area contributed by atoms with Crippen molar-refractivity contribution in [1.29, 1.82) is 0 Å². The van der Waals surface area contributed by atoms with Crippen molar-refractivity contribution in [2.75, 3.05) is 37.8 Å². The molecule has 0 bridgehead atoms. The molecule has 1 aliphatic heterocycles. The van der Waals surface area contributed by atoms with Gasteiger partial charge in [0.05, 0.1) is 27.4 Å². The van der Waals surface area contributed by atoms with E-state index in [1.807, 2.05) is 0 Å². The number of rotatable bonds is 36. The summed E-state index contributed by atoms with van der Waals surface area (Å²) < 4.78 is 60.8. The predicted molar refractivity (Wildman–Crippen MR) is 247 cm³/mol. The van der Waals surface area contributed by atoms with Gasteiger partial charge in [-0.05, 0) is 25.7 Å². The minimum atomic E-state index is -5.92. The van der Waals surface area contributed by atoms with Gasteiger partial charge in [0, 0.05) is 37.1 Å². The fourth-order valence-electron chi connectivity index (χ4n) is 7.05. The maximum atomic E-state index is 12.6. The molecule has 1 fully saturated rings. The quantitative estimate of drug-likeness (QED) is 0.0372. The maximum Gasteiger partial charge on any atom is 0.274 e. The molecule has 0 aliphatic carbocycles. The van der Waals surface area contributed by atoms with Gasteiger partial charge in [0.1, 0.15) is 36.3 Å². The minimum absolute atomic E-state index is 0.0189. The molecule has 7 atom stereocenters. The number of carbonyl (C=O) groups is 3. The molecule has 3 heterocycles. The number of nitrogens with one attached hydrogen (secondary N) is 2. The summed E-state index contributed by atoms with van der Waals surface area (Å²) in [6.07, 6.45) is 15.6. The molecule has 6 N–H and O–H groups in total. The number of imidazole rings is 1. The van der Waals surface area contributed by atoms with E-state index in [0.29, 0.717) is 12.2 Å². The van der Waals surface area contributed by atoms with E-state index in [2.05, 4.69) is 62.5 Å². The highest BCUT2D eigenvalue weighted by Gasteiger charge is 2.47. The van der Waals surface area contributed by atoms with Crippen LogP contribution < -0.4 is 35.9 Å². The van der Waals surface area contributed by atoms with E-state index in [1.165, 1.54) is 90.9 Å². The Balaban J connectivity index is 1.28. The fraction of sp³-hybridized carbons (Fsp3) is 0.756. The Morgan fingerprint density at radius 1 is 0.884 bits per heavy atom. The largest absolute Gasteiger partial charge is 0.790 e. The smallest absolute Gasteiger partial charge is 0.274 e. The van der Waals surface area contributed by atoms with Crippen LogP contribution in [0.4, 0.5) is 5.82 Å². The normalized spacial score (nSPS) is 20.0. The Labute approximate surface area is 407 Å². The summed E-state index contributed by atoms with van der Waals surface area (Å²) >= 11 is 1.12. The summed E-state index contributed by atoms with van der Waals surface area (Å²) in [5.41, 5.74) is 4.09. The van der Waals surface area contributed by atoms with Gasteiger partial charge in [-0.1, -0.05) is 115 Å². The van der Waals surface area contributed by atoms with Gasteiger partial charge in [-0.15, -0.1) is 0 Å². The van der Waals surface area contributed by atoms with E-state index in [1.54, 1.807) is 0 Å². The highest BCUT2D eigenvalue weighted by atomic mass is 32.2. The van der Waals surface area contributed by atoms with Crippen molar-refractivity contribution in [3.05, 3.63) is 24.8 Å². The molecule has 0 aromatic carbocycles. The van der Waals surface area contributed by atoms with Crippen molar-refractivity contribution in [3.63, 3.8) is 0 Å². The molecule has 0 saturated carbocycles. The van der Waals surface area contributed by atoms with Crippen molar-refractivity contribution in [3.8, 4) is 0 Å². The number of aliphatic hydroxyl groups excluding tert-OH is 2. The molecule has 28 heteroatoms. The van der Waals surface area contributed by atoms with Crippen LogP contribution in [0.25, 0.3) is 11.2 Å². The van der Waals surface area contributed by atoms with Gasteiger partial charge in [-0.25, -0.2) is 19.3 Å². The molecule has 0 radical (unpaired) electrons. The highest BCUT2D eigenvalue weighted by molar-refractivity contribution is 8.13. The number of hydrogen-bond acceptors (Lipinski definition) is 22. The number of fused-ring (bicyclic) bond motifs is 1. The number of phosphoric acid groups is 3. The number of allylic oxidation sites excluding steroid dienone is 2. The van der Waals surface area contributed by atoms with E-state index in [0.717, 1.165) is 48.2 Å². The van der Waals surface area contributed by atoms with E-state index >= 15 is 0 Å². The van der Waals surface area contributed by atoms with Crippen LogP contribution >= 0.6 is 35.2 Å². The second kappa shape index (κ2) is 30.4. The Kier molecular flexibility index (Phi) is 26.7. The number of aliphatic hydroxyl groups is 2. The second-order valence-electron chi connectivity index (χ2n) is 17.2. The Bertz CT molecular complexity index is 2080. The second-order valence-corrected chi connectivity index (χ2v) is 22.5. The number of nitrogen functional groups attached to an aromatic ring is 1. The molecule has 0 spiro atoms. The number of carbonyl (C=O) groups excluding carboxylic acids is 3. The van der Waals surface area contributed by atoms with Crippen LogP contribution in [0.15, 0.2) is 24.8 Å². The van der Waals surface area contributed by atoms with E-state index < -0.39 is 84.6 Å². The van der Waals surface area contributed by atoms with Crippen molar-refractivity contribution in [1.82, 2.24) is 30.2 Å². The lowest BCUT2D eigenvalue weighted by atomic mass is 9.87. The van der Waals surface area contributed by atoms with Gasteiger partial charge in [0.15, 0.2) is 22.8 Å². The first-order valence-electron chi connectivity index (χ1n) is 23.2. The van der Waals surface area contributed by atoms with Gasteiger partial charge in [0.25, 0.3) is 15.6 Å². The monoisotopic (exact) mass is 1060 g/mol. The summed E-state index contributed by atoms with van der Waals surface area (Å²) in [7, 11) is -17.6. The van der Waals surface area contributed by atoms with Crippen molar-refractivity contribution in [2.24, 2.45) is 5.41 Å². The average Bonchev–Trinajstić information content (AvgIpc) is 3.84. The van der Waals surface area contributed by atoms with E-state index in [9.17, 15) is 57.9 Å². The van der Waals surface area contributed by atoms with Crippen LogP contribution in [0.1, 0.15) is 136 Å². The zero-order valence-electron chi connectivity index (χ0n) is 39.4. The first kappa shape index (κ1) is 60.6. The summed E-state index contributed by atoms with van der Waals surface area (Å²) in [5, 5.41) is 26.5. The zero-order valence-corrected chi connectivity index (χ0v) is 42.9. The number of nitrogens with two attached hydrogens (primary N) is 1. The summed E-state index contributed by atoms with van der Waals surface area (Å²) in [6, 6.07) is 0. The molecule has 1 saturated heterocycles. The Morgan fingerprint density at radius 2 is 1.49 bits per heavy atom. The van der Waals surface area contributed by atoms with Gasteiger partial charge in [-0.2, -0.15) is 0 Å². The first-order valence-corrected chi connectivity index (χ1v) is 28.5. The number of amides is 2. The number of hydrogen-bond donors (Lipinski definition) is 5. The zero-order chi connectivity index (χ0) is 51.1. The van der Waals surface area contributed by atoms with Crippen LogP contribution in [-0.2, 0) is 50.7 Å². The fourth-order valence-corrected chi connectivity index (χ4v) is 10.5. The lowest BCUT2D eigenvalue weighted by Gasteiger charge is -2.36. The van der Waals surface area contributed by atoms with Crippen LogP contribution in [0.5, 0.6) is 0 Å². The van der Waals surface area contributed by atoms with Gasteiger partial charge >= 0.3 is 0 Å². The Morgan fingerprint density at radius 3 is 2.13 bits per heavy atom. The van der Waals surface area contributed by atoms with Crippen LogP contribution in [0, 0.1) is 5.41 Å². The number of unbranched alkanes of at least 4 members (excludes halogenated alkanes) is 13. The SMILES string of the molecule is CCCCCCCCCCCCCC/C=C\CCCC(=O)SCCNC(=O)CCNC(=O)[C@H](O)C(C)(C)COP(=O)([O-])OP(=O)([O-])OC[C@H]1O[C@@H](n2cnc3c(N)ncnc32)[C@H](O)[C@@H]1OP(=O)([O-])[O-]. The molecule has 24 nitrogen and oxygen atoms in total. The number of anilines is 1. The number of thioether (sulfide) groups is 1. The third-order valence-corrected chi connectivity index (χ3v) is 14.8. The van der Waals surface area contributed by atoms with E-state index in [-0.39, 0.29) is 41.6 Å². The van der Waals surface area contributed by atoms with Gasteiger partial charge in [-0.3, -0.25) is 28.1 Å². The summed E-state index contributed by atoms with van der Waals surface area (Å²) in [4.78, 5) is 96.9. The van der Waals surface area contributed by atoms with Crippen molar-refractivity contribution < 1.29 is 80.5 Å². The van der Waals surface area contributed by atoms with Crippen LogP contribution in [0.3, 0.4) is 0 Å². The molecule has 1 aliphatic rings. The number of ether oxygens (including phenoxy) is 1. The van der Waals surface area contributed by atoms with Crippen molar-refractivity contribution >= 4 is 69.1 Å². The molecule has 2 unspecified atom stereocenters. The molecule has 3 rings (SSSR count). The standard InChI is InChI=1S/C41H72N7O17P3S/c1-4-5-6-7-8-9-10-11-12-13-14-15-16-17-18-19-20-21-32(50)69-25-24-43-31(49)22-23-44-39(53)36(52)41(2,3)27-62-68(59,60)65-67(57,58)61-26-30-35(64-66(54,55)56)34(51)40(63-30)48-29-47-33-37(42)45-28-46-38(33)48/h17-18,28-30,34-36,40,51-52H,4-16,19-27H2,1-3H3,(H,43,49)(H,44,53)(H,57,58)(H,59,60)(H2,42,45,46)(H2,54,55,56)/p-4/b18-17-/t30-,34-,35-,36+,40-/m1/s1. The Hall–Kier alpha value is -2.70. The number of aromatic nitrogens is 4. The lowest BCUT2D eigenvalue weighted by Crippen LogP contribution is -2.46. The molecular formula is C41H68N7O17P3S-4. The third kappa shape index (κ3) is 23.2. The summed E-state index contributed by atoms with van der Waals surface area (Å²) in [6.45, 7) is 2.40. The maximum absolute atomic E-state index is 12.6. The number of nitrogens with zero attached hydrogens (tertiary/aromatic N) is 4. The third-order valence-electron chi connectivity index (χ3n) is 10.9. The predicted octanol–water partition coefficient (Wildman–Crippen LogP) is 2.95. The van der Waals surface area contributed by atoms with E-state index in [4.69, 9.17) is 10.5 Å². The topological polar surface area (TPSA) is 375 Å². The molecule has 69 heavy (non-hydrogen) atoms. The molecule has 2 aromatic rings. The first-order chi connectivity index (χ1) is 32.6. The summed E-state index contributed by atoms with van der Waals surface area (Å²) in [5.74, 6) is -1.16. The minimum Gasteiger partial charge on any atom is -0.790 e. The lowest BCUT2D eigenvalue weighted by molar-refractivity contribution is -0.347. The van der Waals surface area contributed by atoms with Crippen molar-refractivity contribution in [2.45, 2.75) is 161 Å².